The summed E-state index contributed by atoms with van der Waals surface area (Å²) >= 11 is 0. The Bertz CT molecular complexity index is 491. The summed E-state index contributed by atoms with van der Waals surface area (Å²) in [5.41, 5.74) is 3.55. The van der Waals surface area contributed by atoms with Gasteiger partial charge in [-0.3, -0.25) is 0 Å². The van der Waals surface area contributed by atoms with Crippen LogP contribution in [-0.4, -0.2) is 11.6 Å². The van der Waals surface area contributed by atoms with E-state index >= 15 is 0 Å². The third-order valence-electron chi connectivity index (χ3n) is 2.89. The highest BCUT2D eigenvalue weighted by molar-refractivity contribution is 5.60. The molecule has 0 fully saturated rings. The number of benzene rings is 1. The summed E-state index contributed by atoms with van der Waals surface area (Å²) in [4.78, 5) is 3.07. The Hall–Kier alpha value is -1.90. The number of nitrogens with one attached hydrogen (secondary N) is 2. The summed E-state index contributed by atoms with van der Waals surface area (Å²) in [6.07, 6.45) is 3.94. The van der Waals surface area contributed by atoms with Gasteiger partial charge in [0.2, 0.25) is 0 Å². The molecule has 1 aliphatic rings. The van der Waals surface area contributed by atoms with E-state index in [1.165, 1.54) is 11.1 Å². The monoisotopic (exact) mass is 214 g/mol. The van der Waals surface area contributed by atoms with Gasteiger partial charge in [0.15, 0.2) is 0 Å². The number of aromatic nitrogens is 1. The van der Waals surface area contributed by atoms with Crippen molar-refractivity contribution in [3.63, 3.8) is 0 Å². The van der Waals surface area contributed by atoms with Gasteiger partial charge >= 0.3 is 0 Å². The number of aromatic amines is 1. The van der Waals surface area contributed by atoms with E-state index in [0.29, 0.717) is 6.61 Å². The average molecular weight is 214 g/mol. The van der Waals surface area contributed by atoms with Crippen LogP contribution in [0.1, 0.15) is 17.2 Å². The first kappa shape index (κ1) is 9.33. The Morgan fingerprint density at radius 1 is 1.31 bits per heavy atom. The lowest BCUT2D eigenvalue weighted by atomic mass is 10.1. The lowest BCUT2D eigenvalue weighted by molar-refractivity contribution is 0.286. The number of fused-ring (bicyclic) bond motifs is 1. The zero-order valence-corrected chi connectivity index (χ0v) is 9.16. The first-order valence-corrected chi connectivity index (χ1v) is 5.45. The molecule has 82 valence electrons. The van der Waals surface area contributed by atoms with Crippen molar-refractivity contribution in [3.05, 3.63) is 47.8 Å². The van der Waals surface area contributed by atoms with Gasteiger partial charge in [-0.25, -0.2) is 0 Å². The van der Waals surface area contributed by atoms with E-state index in [4.69, 9.17) is 4.74 Å². The van der Waals surface area contributed by atoms with E-state index in [1.54, 1.807) is 0 Å². The number of ether oxygens (including phenoxy) is 1. The second kappa shape index (κ2) is 3.59. The largest absolute Gasteiger partial charge is 0.489 e. The molecule has 2 aromatic rings. The molecule has 1 atom stereocenters. The topological polar surface area (TPSA) is 37.0 Å². The summed E-state index contributed by atoms with van der Waals surface area (Å²) in [6.45, 7) is 2.76. The van der Waals surface area contributed by atoms with Crippen LogP contribution >= 0.6 is 0 Å². The molecular weight excluding hydrogens is 200 g/mol. The van der Waals surface area contributed by atoms with Crippen LogP contribution in [0.5, 0.6) is 5.75 Å². The van der Waals surface area contributed by atoms with Gasteiger partial charge in [-0.2, -0.15) is 0 Å². The van der Waals surface area contributed by atoms with Gasteiger partial charge in [0.05, 0.1) is 11.7 Å². The zero-order valence-electron chi connectivity index (χ0n) is 9.16. The molecule has 1 aromatic heterocycles. The van der Waals surface area contributed by atoms with E-state index in [9.17, 15) is 0 Å². The van der Waals surface area contributed by atoms with Crippen molar-refractivity contribution in [1.82, 2.24) is 4.98 Å². The van der Waals surface area contributed by atoms with Crippen LogP contribution in [0.4, 0.5) is 5.69 Å². The van der Waals surface area contributed by atoms with E-state index in [1.807, 2.05) is 18.5 Å². The molecule has 0 spiro atoms. The third-order valence-corrected chi connectivity index (χ3v) is 2.89. The summed E-state index contributed by atoms with van der Waals surface area (Å²) in [6, 6.07) is 8.51. The van der Waals surface area contributed by atoms with Gasteiger partial charge in [0, 0.05) is 12.4 Å². The van der Waals surface area contributed by atoms with E-state index in [-0.39, 0.29) is 6.04 Å². The normalized spacial score (nSPS) is 18.4. The predicted octanol–water partition coefficient (Wildman–Crippen LogP) is 2.87. The van der Waals surface area contributed by atoms with Gasteiger partial charge in [0.1, 0.15) is 12.4 Å². The minimum Gasteiger partial charge on any atom is -0.489 e. The van der Waals surface area contributed by atoms with Crippen LogP contribution in [0.25, 0.3) is 0 Å². The van der Waals surface area contributed by atoms with Crippen molar-refractivity contribution in [2.24, 2.45) is 0 Å². The Morgan fingerprint density at radius 2 is 2.25 bits per heavy atom. The van der Waals surface area contributed by atoms with Crippen molar-refractivity contribution in [1.29, 1.82) is 0 Å². The lowest BCUT2D eigenvalue weighted by Gasteiger charge is -2.27. The molecule has 2 heterocycles. The molecule has 16 heavy (non-hydrogen) atoms. The van der Waals surface area contributed by atoms with Gasteiger partial charge in [-0.05, 0) is 36.2 Å². The highest BCUT2D eigenvalue weighted by Crippen LogP contribution is 2.34. The zero-order chi connectivity index (χ0) is 11.0. The Kier molecular flexibility index (Phi) is 2.10. The van der Waals surface area contributed by atoms with Crippen LogP contribution < -0.4 is 10.1 Å². The fourth-order valence-electron chi connectivity index (χ4n) is 2.02. The van der Waals surface area contributed by atoms with Gasteiger partial charge in [0.25, 0.3) is 0 Å². The fraction of sp³-hybridized carbons (Fsp3) is 0.231. The standard InChI is InChI=1S/C13H14N2O/c1-9-2-3-13-11(6-9)15-12(8-16-13)10-4-5-14-7-10/h2-7,12,14-15H,8H2,1H3. The molecule has 0 amide bonds. The van der Waals surface area contributed by atoms with Crippen LogP contribution in [-0.2, 0) is 0 Å². The smallest absolute Gasteiger partial charge is 0.142 e. The van der Waals surface area contributed by atoms with Crippen LogP contribution in [0.15, 0.2) is 36.7 Å². The Morgan fingerprint density at radius 3 is 3.06 bits per heavy atom. The quantitative estimate of drug-likeness (QED) is 0.766. The summed E-state index contributed by atoms with van der Waals surface area (Å²) < 4.78 is 5.74. The van der Waals surface area contributed by atoms with Gasteiger partial charge in [-0.15, -0.1) is 0 Å². The molecule has 3 nitrogen and oxygen atoms in total. The second-order valence-corrected chi connectivity index (χ2v) is 4.15. The molecule has 0 saturated carbocycles. The number of anilines is 1. The Labute approximate surface area is 94.5 Å². The highest BCUT2D eigenvalue weighted by atomic mass is 16.5. The summed E-state index contributed by atoms with van der Waals surface area (Å²) in [5, 5.41) is 3.50. The predicted molar refractivity (Wildman–Crippen MR) is 63.8 cm³/mol. The minimum absolute atomic E-state index is 0.237. The van der Waals surface area contributed by atoms with Crippen molar-refractivity contribution in [2.75, 3.05) is 11.9 Å². The summed E-state index contributed by atoms with van der Waals surface area (Å²) in [5.74, 6) is 0.942. The minimum atomic E-state index is 0.237. The number of aryl methyl sites for hydroxylation is 1. The molecule has 1 aromatic carbocycles. The number of H-pyrrole nitrogens is 1. The Balaban J connectivity index is 1.91. The lowest BCUT2D eigenvalue weighted by Crippen LogP contribution is -2.23. The molecule has 1 aliphatic heterocycles. The molecule has 0 saturated heterocycles. The third kappa shape index (κ3) is 1.54. The molecule has 0 bridgehead atoms. The van der Waals surface area contributed by atoms with E-state index < -0.39 is 0 Å². The van der Waals surface area contributed by atoms with Crippen molar-refractivity contribution < 1.29 is 4.74 Å². The molecule has 3 rings (SSSR count). The van der Waals surface area contributed by atoms with Gasteiger partial charge in [-0.1, -0.05) is 6.07 Å². The maximum Gasteiger partial charge on any atom is 0.142 e. The average Bonchev–Trinajstić information content (AvgIpc) is 2.81. The van der Waals surface area contributed by atoms with E-state index in [2.05, 4.69) is 35.4 Å². The fourth-order valence-corrected chi connectivity index (χ4v) is 2.02. The van der Waals surface area contributed by atoms with Gasteiger partial charge < -0.3 is 15.0 Å². The first-order chi connectivity index (χ1) is 7.83. The van der Waals surface area contributed by atoms with Crippen molar-refractivity contribution in [2.45, 2.75) is 13.0 Å². The second-order valence-electron chi connectivity index (χ2n) is 4.15. The molecule has 1 unspecified atom stereocenters. The van der Waals surface area contributed by atoms with E-state index in [0.717, 1.165) is 11.4 Å². The number of rotatable bonds is 1. The van der Waals surface area contributed by atoms with Crippen molar-refractivity contribution >= 4 is 5.69 Å². The SMILES string of the molecule is Cc1ccc2c(c1)NC(c1cc[nH]c1)CO2. The van der Waals surface area contributed by atoms with Crippen LogP contribution in [0.2, 0.25) is 0 Å². The molecule has 0 aliphatic carbocycles. The first-order valence-electron chi connectivity index (χ1n) is 5.45. The number of hydrogen-bond acceptors (Lipinski definition) is 2. The molecular formula is C13H14N2O. The molecule has 3 heteroatoms. The maximum atomic E-state index is 5.74. The molecule has 2 N–H and O–H groups in total. The molecule has 0 radical (unpaired) electrons. The maximum absolute atomic E-state index is 5.74. The number of hydrogen-bond donors (Lipinski definition) is 2. The van der Waals surface area contributed by atoms with Crippen LogP contribution in [0.3, 0.4) is 0 Å². The summed E-state index contributed by atoms with van der Waals surface area (Å²) in [7, 11) is 0. The van der Waals surface area contributed by atoms with Crippen LogP contribution in [0, 0.1) is 6.92 Å². The highest BCUT2D eigenvalue weighted by Gasteiger charge is 2.20. The van der Waals surface area contributed by atoms with Crippen molar-refractivity contribution in [3.8, 4) is 5.75 Å².